The van der Waals surface area contributed by atoms with E-state index in [4.69, 9.17) is 4.74 Å². The number of hydrogen-bond acceptors (Lipinski definition) is 4. The van der Waals surface area contributed by atoms with Crippen molar-refractivity contribution in [2.45, 2.75) is 33.6 Å². The highest BCUT2D eigenvalue weighted by molar-refractivity contribution is 5.79. The first kappa shape index (κ1) is 20.2. The summed E-state index contributed by atoms with van der Waals surface area (Å²) in [5.41, 5.74) is 3.05. The van der Waals surface area contributed by atoms with Crippen molar-refractivity contribution in [1.82, 2.24) is 15.0 Å². The van der Waals surface area contributed by atoms with Gasteiger partial charge in [0.15, 0.2) is 5.65 Å². The smallest absolute Gasteiger partial charge is 0.178 e. The van der Waals surface area contributed by atoms with Crippen LogP contribution in [0.25, 0.3) is 22.5 Å². The van der Waals surface area contributed by atoms with Crippen molar-refractivity contribution in [3.8, 4) is 0 Å². The van der Waals surface area contributed by atoms with Crippen LogP contribution < -0.4 is 0 Å². The number of allylic oxidation sites excluding steroid dienone is 7. The van der Waals surface area contributed by atoms with Crippen molar-refractivity contribution in [2.24, 2.45) is 0 Å². The molecule has 0 radical (unpaired) electrons. The molecule has 0 saturated carbocycles. The van der Waals surface area contributed by atoms with E-state index in [9.17, 15) is 5.11 Å². The maximum atomic E-state index is 9.93. The summed E-state index contributed by atoms with van der Waals surface area (Å²) in [6, 6.07) is 1.82. The lowest BCUT2D eigenvalue weighted by molar-refractivity contribution is 0.242. The Kier molecular flexibility index (Phi) is 7.62. The Hall–Kier alpha value is -3.08. The fourth-order valence-electron chi connectivity index (χ4n) is 2.46. The minimum Gasteiger partial charge on any atom is -0.507 e. The third kappa shape index (κ3) is 5.45. The van der Waals surface area contributed by atoms with Gasteiger partial charge in [-0.05, 0) is 43.2 Å². The van der Waals surface area contributed by atoms with Gasteiger partial charge in [0, 0.05) is 11.8 Å². The van der Waals surface area contributed by atoms with Crippen LogP contribution in [0, 0.1) is 0 Å². The largest absolute Gasteiger partial charge is 0.507 e. The zero-order valence-corrected chi connectivity index (χ0v) is 16.2. The molecule has 0 atom stereocenters. The van der Waals surface area contributed by atoms with E-state index in [0.717, 1.165) is 29.1 Å². The highest BCUT2D eigenvalue weighted by Crippen LogP contribution is 2.23. The van der Waals surface area contributed by atoms with Crippen LogP contribution in [0.2, 0.25) is 0 Å². The second kappa shape index (κ2) is 10.2. The third-order valence-electron chi connectivity index (χ3n) is 3.61. The molecule has 2 aromatic rings. The van der Waals surface area contributed by atoms with Crippen LogP contribution in [-0.4, -0.2) is 26.7 Å². The lowest BCUT2D eigenvalue weighted by Crippen LogP contribution is -1.88. The zero-order valence-electron chi connectivity index (χ0n) is 16.2. The van der Waals surface area contributed by atoms with E-state index in [1.54, 1.807) is 6.20 Å². The van der Waals surface area contributed by atoms with Crippen molar-refractivity contribution in [3.63, 3.8) is 0 Å². The van der Waals surface area contributed by atoms with E-state index in [2.05, 4.69) is 35.4 Å². The van der Waals surface area contributed by atoms with Crippen LogP contribution in [0.4, 0.5) is 0 Å². The summed E-state index contributed by atoms with van der Waals surface area (Å²) in [5.74, 6) is 1.75. The van der Waals surface area contributed by atoms with Crippen molar-refractivity contribution < 1.29 is 9.84 Å². The fraction of sp³-hybridized carbons (Fsp3) is 0.273. The van der Waals surface area contributed by atoms with Crippen LogP contribution in [0.15, 0.2) is 61.1 Å². The number of nitrogens with zero attached hydrogens (tertiary/aromatic N) is 2. The number of ether oxygens (including phenoxy) is 1. The standard InChI is InChI=1S/C19H19N3O2.C3H8/c1-3-6-17(23)14-11-16-19(20-12-14)22-18(21-16)13-7-5-8-15(10-9-13)24-4-2;1-3-2/h3,5-8,10-12,23H,1,4,9H2,2H3,(H,20,21,22);3H2,1-2H3/b17-6-;. The normalized spacial score (nSPS) is 14.0. The number of aliphatic hydroxyl groups excluding tert-OH is 1. The quantitative estimate of drug-likeness (QED) is 0.525. The van der Waals surface area contributed by atoms with Gasteiger partial charge in [0.1, 0.15) is 17.3 Å². The van der Waals surface area contributed by atoms with Gasteiger partial charge >= 0.3 is 0 Å². The fourth-order valence-corrected chi connectivity index (χ4v) is 2.46. The third-order valence-corrected chi connectivity index (χ3v) is 3.61. The summed E-state index contributed by atoms with van der Waals surface area (Å²) in [5, 5.41) is 9.93. The predicted molar refractivity (Wildman–Crippen MR) is 112 cm³/mol. The number of pyridine rings is 1. The molecule has 5 nitrogen and oxygen atoms in total. The molecule has 0 aromatic carbocycles. The monoisotopic (exact) mass is 365 g/mol. The van der Waals surface area contributed by atoms with Crippen LogP contribution >= 0.6 is 0 Å². The summed E-state index contributed by atoms with van der Waals surface area (Å²) in [4.78, 5) is 12.1. The maximum absolute atomic E-state index is 9.93. The summed E-state index contributed by atoms with van der Waals surface area (Å²) < 4.78 is 5.53. The van der Waals surface area contributed by atoms with Gasteiger partial charge < -0.3 is 14.8 Å². The van der Waals surface area contributed by atoms with E-state index in [-0.39, 0.29) is 5.76 Å². The molecule has 0 unspecified atom stereocenters. The molecule has 3 rings (SSSR count). The average molecular weight is 365 g/mol. The Bertz CT molecular complexity index is 901. The van der Waals surface area contributed by atoms with Gasteiger partial charge in [0.25, 0.3) is 0 Å². The molecule has 0 spiro atoms. The van der Waals surface area contributed by atoms with Crippen molar-refractivity contribution >= 4 is 22.5 Å². The predicted octanol–water partition coefficient (Wildman–Crippen LogP) is 5.72. The van der Waals surface area contributed by atoms with E-state index in [0.29, 0.717) is 17.8 Å². The molecule has 0 fully saturated rings. The molecule has 2 aromatic heterocycles. The van der Waals surface area contributed by atoms with Crippen molar-refractivity contribution in [2.75, 3.05) is 6.61 Å². The number of aromatic nitrogens is 3. The van der Waals surface area contributed by atoms with Gasteiger partial charge in [0.2, 0.25) is 0 Å². The van der Waals surface area contributed by atoms with Gasteiger partial charge in [-0.1, -0.05) is 45.1 Å². The van der Waals surface area contributed by atoms with Crippen LogP contribution in [0.5, 0.6) is 0 Å². The molecule has 5 heteroatoms. The zero-order chi connectivity index (χ0) is 19.6. The average Bonchev–Trinajstić information content (AvgIpc) is 2.94. The summed E-state index contributed by atoms with van der Waals surface area (Å²) in [6.07, 6.45) is 14.6. The first-order chi connectivity index (χ1) is 13.1. The summed E-state index contributed by atoms with van der Waals surface area (Å²) in [7, 11) is 0. The lowest BCUT2D eigenvalue weighted by atomic mass is 10.1. The number of imidazole rings is 1. The van der Waals surface area contributed by atoms with E-state index >= 15 is 0 Å². The Morgan fingerprint density at radius 2 is 2.15 bits per heavy atom. The molecule has 0 bridgehead atoms. The van der Waals surface area contributed by atoms with Gasteiger partial charge in [-0.25, -0.2) is 9.97 Å². The second-order valence-corrected chi connectivity index (χ2v) is 5.97. The van der Waals surface area contributed by atoms with Crippen molar-refractivity contribution in [3.05, 3.63) is 72.4 Å². The number of aromatic amines is 1. The second-order valence-electron chi connectivity index (χ2n) is 5.97. The number of hydrogen-bond donors (Lipinski definition) is 2. The van der Waals surface area contributed by atoms with E-state index < -0.39 is 0 Å². The Morgan fingerprint density at radius 3 is 2.85 bits per heavy atom. The van der Waals surface area contributed by atoms with Crippen LogP contribution in [-0.2, 0) is 4.74 Å². The first-order valence-electron chi connectivity index (χ1n) is 9.21. The number of aliphatic hydroxyl groups is 1. The number of fused-ring (bicyclic) bond motifs is 1. The lowest BCUT2D eigenvalue weighted by Gasteiger charge is -2.02. The molecular formula is C22H27N3O2. The van der Waals surface area contributed by atoms with Gasteiger partial charge in [-0.2, -0.15) is 0 Å². The molecule has 1 aliphatic carbocycles. The summed E-state index contributed by atoms with van der Waals surface area (Å²) >= 11 is 0. The van der Waals surface area contributed by atoms with Gasteiger partial charge in [-0.15, -0.1) is 0 Å². The molecule has 2 heterocycles. The van der Waals surface area contributed by atoms with Crippen molar-refractivity contribution in [1.29, 1.82) is 0 Å². The first-order valence-corrected chi connectivity index (χ1v) is 9.21. The summed E-state index contributed by atoms with van der Waals surface area (Å²) in [6.45, 7) is 10.4. The van der Waals surface area contributed by atoms with Gasteiger partial charge in [-0.3, -0.25) is 0 Å². The molecule has 1 aliphatic rings. The molecule has 0 aliphatic heterocycles. The topological polar surface area (TPSA) is 71.0 Å². The highest BCUT2D eigenvalue weighted by atomic mass is 16.5. The molecule has 142 valence electrons. The van der Waals surface area contributed by atoms with E-state index in [1.807, 2.05) is 37.3 Å². The van der Waals surface area contributed by atoms with Crippen LogP contribution in [0.1, 0.15) is 45.0 Å². The van der Waals surface area contributed by atoms with Gasteiger partial charge in [0.05, 0.1) is 12.1 Å². The number of rotatable bonds is 5. The SMILES string of the molecule is C=C/C=C(\O)c1cnc2nc(C3=CC=CC(OCC)=CC3)[nH]c2c1.CCC. The van der Waals surface area contributed by atoms with Crippen LogP contribution in [0.3, 0.4) is 0 Å². The number of nitrogens with one attached hydrogen (secondary N) is 1. The Balaban J connectivity index is 0.000000817. The minimum absolute atomic E-state index is 0.122. The molecule has 0 amide bonds. The Labute approximate surface area is 160 Å². The van der Waals surface area contributed by atoms with E-state index in [1.165, 1.54) is 18.6 Å². The Morgan fingerprint density at radius 1 is 1.37 bits per heavy atom. The number of H-pyrrole nitrogens is 1. The molecule has 0 saturated heterocycles. The minimum atomic E-state index is 0.122. The highest BCUT2D eigenvalue weighted by Gasteiger charge is 2.11. The molecule has 2 N–H and O–H groups in total. The molecule has 27 heavy (non-hydrogen) atoms. The maximum Gasteiger partial charge on any atom is 0.178 e. The molecular weight excluding hydrogens is 338 g/mol.